The van der Waals surface area contributed by atoms with Crippen molar-refractivity contribution in [2.24, 2.45) is 0 Å². The molecule has 0 rings (SSSR count). The van der Waals surface area contributed by atoms with Gasteiger partial charge in [-0.2, -0.15) is 0 Å². The van der Waals surface area contributed by atoms with E-state index < -0.39 is 6.10 Å². The highest BCUT2D eigenvalue weighted by Crippen LogP contribution is 2.12. The SMILES string of the molecule is CC/C=C\C/C=C\C/C=C\C/C=C\C/C=C\CCCCCCCCCCOCC(CO)OC(=O)CCCCCCCC/C=C\C/C=C\C/C=C\CCCCC. The number of aliphatic hydroxyl groups is 1. The Kier molecular flexibility index (Phi) is 45.1. The first-order chi connectivity index (χ1) is 27.2. The van der Waals surface area contributed by atoms with Crippen LogP contribution in [-0.2, 0) is 14.3 Å². The maximum Gasteiger partial charge on any atom is 0.306 e. The van der Waals surface area contributed by atoms with Crippen molar-refractivity contribution < 1.29 is 19.4 Å². The van der Waals surface area contributed by atoms with E-state index in [-0.39, 0.29) is 19.2 Å². The molecule has 0 saturated heterocycles. The van der Waals surface area contributed by atoms with Crippen molar-refractivity contribution in [2.75, 3.05) is 19.8 Å². The van der Waals surface area contributed by atoms with E-state index in [2.05, 4.69) is 111 Å². The van der Waals surface area contributed by atoms with Gasteiger partial charge in [-0.1, -0.05) is 188 Å². The van der Waals surface area contributed by atoms with E-state index in [1.807, 2.05) is 0 Å². The van der Waals surface area contributed by atoms with Gasteiger partial charge in [0.15, 0.2) is 0 Å². The molecule has 0 aromatic carbocycles. The molecule has 0 bridgehead atoms. The molecular weight excluding hydrogens is 677 g/mol. The predicted octanol–water partition coefficient (Wildman–Crippen LogP) is 15.3. The zero-order valence-electron chi connectivity index (χ0n) is 35.9. The van der Waals surface area contributed by atoms with Crippen LogP contribution < -0.4 is 0 Å². The van der Waals surface area contributed by atoms with E-state index in [9.17, 15) is 9.90 Å². The predicted molar refractivity (Wildman–Crippen MR) is 242 cm³/mol. The fourth-order valence-electron chi connectivity index (χ4n) is 6.01. The van der Waals surface area contributed by atoms with Gasteiger partial charge in [0.2, 0.25) is 0 Å². The summed E-state index contributed by atoms with van der Waals surface area (Å²) in [5.74, 6) is -0.220. The summed E-state index contributed by atoms with van der Waals surface area (Å²) < 4.78 is 11.2. The third-order valence-electron chi connectivity index (χ3n) is 9.39. The van der Waals surface area contributed by atoms with E-state index in [1.54, 1.807) is 0 Å². The van der Waals surface area contributed by atoms with Crippen LogP contribution in [0.4, 0.5) is 0 Å². The number of rotatable bonds is 41. The molecule has 0 aromatic rings. The summed E-state index contributed by atoms with van der Waals surface area (Å²) >= 11 is 0. The van der Waals surface area contributed by atoms with E-state index in [0.29, 0.717) is 13.0 Å². The average Bonchev–Trinajstić information content (AvgIpc) is 3.19. The molecule has 4 nitrogen and oxygen atoms in total. The summed E-state index contributed by atoms with van der Waals surface area (Å²) in [6.45, 7) is 5.16. The Balaban J connectivity index is 3.52. The van der Waals surface area contributed by atoms with Crippen LogP contribution in [0.2, 0.25) is 0 Å². The largest absolute Gasteiger partial charge is 0.457 e. The Bertz CT molecular complexity index is 1030. The van der Waals surface area contributed by atoms with E-state index in [4.69, 9.17) is 9.47 Å². The molecule has 55 heavy (non-hydrogen) atoms. The van der Waals surface area contributed by atoms with Crippen LogP contribution in [0.5, 0.6) is 0 Å². The third-order valence-corrected chi connectivity index (χ3v) is 9.39. The molecule has 0 aliphatic rings. The fraction of sp³-hybridized carbons (Fsp3) is 0.667. The number of unbranched alkanes of at least 4 members (excludes halogenated alkanes) is 17. The molecule has 0 heterocycles. The molecule has 0 saturated carbocycles. The lowest BCUT2D eigenvalue weighted by Crippen LogP contribution is -2.27. The van der Waals surface area contributed by atoms with Crippen LogP contribution in [0, 0.1) is 0 Å². The van der Waals surface area contributed by atoms with Crippen molar-refractivity contribution >= 4 is 5.97 Å². The van der Waals surface area contributed by atoms with Crippen molar-refractivity contribution in [3.63, 3.8) is 0 Å². The number of hydrogen-bond donors (Lipinski definition) is 1. The Labute approximate surface area is 341 Å². The van der Waals surface area contributed by atoms with E-state index in [1.165, 1.54) is 89.9 Å². The molecule has 0 fully saturated rings. The average molecular weight is 763 g/mol. The first-order valence-electron chi connectivity index (χ1n) is 22.8. The fourth-order valence-corrected chi connectivity index (χ4v) is 6.01. The zero-order valence-corrected chi connectivity index (χ0v) is 35.9. The van der Waals surface area contributed by atoms with Crippen LogP contribution >= 0.6 is 0 Å². The second-order valence-corrected chi connectivity index (χ2v) is 14.7. The van der Waals surface area contributed by atoms with Gasteiger partial charge in [-0.3, -0.25) is 4.79 Å². The lowest BCUT2D eigenvalue weighted by atomic mass is 10.1. The van der Waals surface area contributed by atoms with Crippen LogP contribution in [0.25, 0.3) is 0 Å². The molecule has 314 valence electrons. The van der Waals surface area contributed by atoms with Crippen LogP contribution in [-0.4, -0.2) is 37.0 Å². The van der Waals surface area contributed by atoms with Gasteiger partial charge >= 0.3 is 5.97 Å². The van der Waals surface area contributed by atoms with Gasteiger partial charge in [-0.15, -0.1) is 0 Å². The smallest absolute Gasteiger partial charge is 0.306 e. The van der Waals surface area contributed by atoms with Gasteiger partial charge in [0.25, 0.3) is 0 Å². The van der Waals surface area contributed by atoms with Crippen LogP contribution in [0.1, 0.15) is 194 Å². The molecular formula is C51H86O4. The van der Waals surface area contributed by atoms with Crippen molar-refractivity contribution in [1.82, 2.24) is 0 Å². The van der Waals surface area contributed by atoms with Gasteiger partial charge in [0.05, 0.1) is 13.2 Å². The lowest BCUT2D eigenvalue weighted by Gasteiger charge is -2.15. The maximum absolute atomic E-state index is 12.2. The van der Waals surface area contributed by atoms with E-state index >= 15 is 0 Å². The summed E-state index contributed by atoms with van der Waals surface area (Å²) in [5.41, 5.74) is 0. The standard InChI is InChI=1S/C51H86O4/c1-3-5-7-9-11-13-15-17-19-21-23-24-25-26-27-29-31-33-35-37-39-41-43-45-47-54-49-50(48-52)55-51(53)46-44-42-40-38-36-34-32-30-28-22-20-18-16-14-12-10-8-6-4-2/h5,7,11-14,17-20,23-24,26-28,30,50,52H,3-4,6,8-10,15-16,21-22,25,29,31-49H2,1-2H3/b7-5-,13-11-,14-12-,19-17-,20-18-,24-23-,27-26-,30-28-. The summed E-state index contributed by atoms with van der Waals surface area (Å²) in [5, 5.41) is 9.62. The number of hydrogen-bond acceptors (Lipinski definition) is 4. The molecule has 1 N–H and O–H groups in total. The zero-order chi connectivity index (χ0) is 39.8. The van der Waals surface area contributed by atoms with Gasteiger partial charge in [-0.05, 0) is 96.3 Å². The second kappa shape index (κ2) is 47.5. The highest BCUT2D eigenvalue weighted by molar-refractivity contribution is 5.69. The number of aliphatic hydroxyl groups excluding tert-OH is 1. The second-order valence-electron chi connectivity index (χ2n) is 14.7. The molecule has 0 radical (unpaired) electrons. The van der Waals surface area contributed by atoms with Crippen molar-refractivity contribution in [3.05, 3.63) is 97.2 Å². The molecule has 0 amide bonds. The Morgan fingerprint density at radius 1 is 0.455 bits per heavy atom. The highest BCUT2D eigenvalue weighted by atomic mass is 16.6. The van der Waals surface area contributed by atoms with E-state index in [0.717, 1.165) is 83.5 Å². The molecule has 0 aromatic heterocycles. The minimum Gasteiger partial charge on any atom is -0.457 e. The molecule has 0 aliphatic carbocycles. The van der Waals surface area contributed by atoms with Gasteiger partial charge in [0.1, 0.15) is 6.10 Å². The minimum absolute atomic E-state index is 0.186. The normalized spacial score (nSPS) is 13.3. The summed E-state index contributed by atoms with van der Waals surface area (Å²) in [7, 11) is 0. The third kappa shape index (κ3) is 45.6. The van der Waals surface area contributed by atoms with Crippen molar-refractivity contribution in [2.45, 2.75) is 200 Å². The number of allylic oxidation sites excluding steroid dienone is 16. The molecule has 0 spiro atoms. The number of esters is 1. The molecule has 4 heteroatoms. The Hall–Kier alpha value is -2.69. The van der Waals surface area contributed by atoms with Gasteiger partial charge in [-0.25, -0.2) is 0 Å². The topological polar surface area (TPSA) is 55.8 Å². The van der Waals surface area contributed by atoms with Crippen molar-refractivity contribution in [3.8, 4) is 0 Å². The Morgan fingerprint density at radius 3 is 1.24 bits per heavy atom. The highest BCUT2D eigenvalue weighted by Gasteiger charge is 2.13. The monoisotopic (exact) mass is 763 g/mol. The molecule has 1 atom stereocenters. The number of carbonyl (C=O) groups excluding carboxylic acids is 1. The summed E-state index contributed by atoms with van der Waals surface area (Å²) in [6, 6.07) is 0. The quantitative estimate of drug-likeness (QED) is 0.0383. The van der Waals surface area contributed by atoms with Crippen LogP contribution in [0.15, 0.2) is 97.2 Å². The number of ether oxygens (including phenoxy) is 2. The van der Waals surface area contributed by atoms with Gasteiger partial charge < -0.3 is 14.6 Å². The summed E-state index contributed by atoms with van der Waals surface area (Å²) in [4.78, 5) is 12.2. The Morgan fingerprint density at radius 2 is 0.818 bits per heavy atom. The van der Waals surface area contributed by atoms with Crippen LogP contribution in [0.3, 0.4) is 0 Å². The van der Waals surface area contributed by atoms with Gasteiger partial charge in [0, 0.05) is 13.0 Å². The molecule has 0 aliphatic heterocycles. The maximum atomic E-state index is 12.2. The minimum atomic E-state index is -0.553. The first-order valence-corrected chi connectivity index (χ1v) is 22.8. The first kappa shape index (κ1) is 52.3. The lowest BCUT2D eigenvalue weighted by molar-refractivity contribution is -0.154. The molecule has 1 unspecified atom stereocenters. The summed E-state index contributed by atoms with van der Waals surface area (Å²) in [6.07, 6.45) is 67.5. The number of carbonyl (C=O) groups is 1. The van der Waals surface area contributed by atoms with Crippen molar-refractivity contribution in [1.29, 1.82) is 0 Å².